The van der Waals surface area contributed by atoms with Crippen LogP contribution in [0.4, 0.5) is 0 Å². The van der Waals surface area contributed by atoms with E-state index in [0.29, 0.717) is 17.4 Å². The van der Waals surface area contributed by atoms with Gasteiger partial charge in [-0.3, -0.25) is 9.59 Å². The minimum absolute atomic E-state index is 0.136. The summed E-state index contributed by atoms with van der Waals surface area (Å²) in [4.78, 5) is 37.4. The fourth-order valence-electron chi connectivity index (χ4n) is 7.90. The van der Waals surface area contributed by atoms with Gasteiger partial charge in [0.1, 0.15) is 13.2 Å². The van der Waals surface area contributed by atoms with E-state index < -0.39 is 24.3 Å². The third-order valence-corrected chi connectivity index (χ3v) is 12.6. The normalized spacial score (nSPS) is 13.8. The molecule has 0 spiro atoms. The molecule has 0 aliphatic carbocycles. The molecule has 0 aliphatic rings. The lowest BCUT2D eigenvalue weighted by molar-refractivity contribution is -0.870. The first-order valence-electron chi connectivity index (χ1n) is 31.0. The monoisotopic (exact) mass is 1100 g/mol. The van der Waals surface area contributed by atoms with Crippen molar-refractivity contribution in [2.75, 3.05) is 47.5 Å². The van der Waals surface area contributed by atoms with Crippen LogP contribution in [0.1, 0.15) is 219 Å². The molecule has 0 aromatic carbocycles. The zero-order valence-electron chi connectivity index (χ0n) is 50.7. The highest BCUT2D eigenvalue weighted by Gasteiger charge is 2.22. The van der Waals surface area contributed by atoms with Gasteiger partial charge in [-0.1, -0.05) is 237 Å². The molecule has 0 N–H and O–H groups in total. The minimum atomic E-state index is -1.64. The molecule has 0 bridgehead atoms. The number of unbranched alkanes of at least 4 members (excludes halogenated alkanes) is 16. The van der Waals surface area contributed by atoms with E-state index in [2.05, 4.69) is 160 Å². The summed E-state index contributed by atoms with van der Waals surface area (Å²) >= 11 is 0. The average molecular weight is 1100 g/mol. The maximum absolute atomic E-state index is 12.9. The van der Waals surface area contributed by atoms with Gasteiger partial charge in [-0.2, -0.15) is 0 Å². The molecule has 79 heavy (non-hydrogen) atoms. The topological polar surface area (TPSA) is 111 Å². The number of carbonyl (C=O) groups is 3. The summed E-state index contributed by atoms with van der Waals surface area (Å²) in [6.07, 6.45) is 83.2. The van der Waals surface area contributed by atoms with E-state index in [1.54, 1.807) is 0 Å². The number of hydrogen-bond acceptors (Lipinski definition) is 8. The Labute approximate surface area is 483 Å². The molecule has 0 fully saturated rings. The summed E-state index contributed by atoms with van der Waals surface area (Å²) in [6, 6.07) is 0. The minimum Gasteiger partial charge on any atom is -0.545 e. The highest BCUT2D eigenvalue weighted by molar-refractivity contribution is 5.70. The van der Waals surface area contributed by atoms with E-state index in [-0.39, 0.29) is 38.6 Å². The number of allylic oxidation sites excluding steroid dienone is 24. The molecule has 9 nitrogen and oxygen atoms in total. The number of likely N-dealkylation sites (N-methyl/N-ethyl adjacent to an activating group) is 1. The molecule has 0 saturated heterocycles. The van der Waals surface area contributed by atoms with Gasteiger partial charge in [0.05, 0.1) is 40.3 Å². The fourth-order valence-corrected chi connectivity index (χ4v) is 7.90. The van der Waals surface area contributed by atoms with Crippen LogP contribution in [0, 0.1) is 0 Å². The maximum Gasteiger partial charge on any atom is 0.306 e. The maximum atomic E-state index is 12.9. The van der Waals surface area contributed by atoms with Crippen LogP contribution in [0.15, 0.2) is 146 Å². The van der Waals surface area contributed by atoms with Gasteiger partial charge in [0.2, 0.25) is 0 Å². The molecule has 9 heteroatoms. The van der Waals surface area contributed by atoms with Gasteiger partial charge in [-0.05, 0) is 116 Å². The zero-order chi connectivity index (χ0) is 57.6. The Kier molecular flexibility index (Phi) is 55.7. The number of carboxylic acids is 1. The van der Waals surface area contributed by atoms with E-state index in [1.807, 2.05) is 21.1 Å². The van der Waals surface area contributed by atoms with Gasteiger partial charge in [0.15, 0.2) is 12.4 Å². The second kappa shape index (κ2) is 59.3. The summed E-state index contributed by atoms with van der Waals surface area (Å²) in [5, 5.41) is 11.8. The predicted molar refractivity (Wildman–Crippen MR) is 333 cm³/mol. The number of aliphatic carboxylic acids is 1. The Bertz CT molecular complexity index is 1800. The highest BCUT2D eigenvalue weighted by atomic mass is 16.7. The molecule has 0 saturated carbocycles. The van der Waals surface area contributed by atoms with Gasteiger partial charge in [-0.25, -0.2) is 0 Å². The predicted octanol–water partition coefficient (Wildman–Crippen LogP) is 17.5. The Balaban J connectivity index is 4.30. The second-order valence-electron chi connectivity index (χ2n) is 21.2. The van der Waals surface area contributed by atoms with Crippen molar-refractivity contribution in [2.24, 2.45) is 0 Å². The smallest absolute Gasteiger partial charge is 0.306 e. The molecule has 446 valence electrons. The standard InChI is InChI=1S/C70H113NO8/c1-6-8-10-12-14-16-18-20-22-24-26-28-30-32-33-34-35-37-39-41-43-45-47-49-51-53-55-57-59-61-68(73)79-66(65-78-70(69(74)75)76-63-62-71(3,4)5)64-77-67(72)60-58-56-54-52-50-48-46-44-42-40-38-36-31-29-27-25-23-21-19-17-15-13-11-9-7-2/h8-11,14-17,20-23,26-29,32-33,35-38,41,43,66,70H,6-7,12-13,18-19,24-25,30-31,34,39-40,42,44-65H2,1-5H3/b10-8-,11-9-,16-14-,17-15-,22-20-,23-21-,28-26-,29-27-,33-32-,37-35-,38-36-,43-41-. The molecule has 0 aromatic heterocycles. The highest BCUT2D eigenvalue weighted by Crippen LogP contribution is 2.14. The van der Waals surface area contributed by atoms with E-state index >= 15 is 0 Å². The number of ether oxygens (including phenoxy) is 4. The first kappa shape index (κ1) is 74.2. The second-order valence-corrected chi connectivity index (χ2v) is 21.2. The van der Waals surface area contributed by atoms with Crippen molar-refractivity contribution in [3.63, 3.8) is 0 Å². The molecule has 2 unspecified atom stereocenters. The summed E-state index contributed by atoms with van der Waals surface area (Å²) < 4.78 is 22.7. The SMILES string of the molecule is CC/C=C\C/C=C\C/C=C\C/C=C\C/C=C\C/C=C\C/C=C\CCCCCCCCCC(=O)OC(COC(=O)CCCCCCCCCCC/C=C\C/C=C\C/C=C\C/C=C\C/C=C\CC)COC(OCC[N+](C)(C)C)C(=O)[O-]. The Morgan fingerprint density at radius 3 is 1.01 bits per heavy atom. The van der Waals surface area contributed by atoms with Crippen molar-refractivity contribution >= 4 is 17.9 Å². The van der Waals surface area contributed by atoms with Crippen molar-refractivity contribution in [3.05, 3.63) is 146 Å². The zero-order valence-corrected chi connectivity index (χ0v) is 50.7. The summed E-state index contributed by atoms with van der Waals surface area (Å²) in [7, 11) is 5.91. The van der Waals surface area contributed by atoms with Crippen molar-refractivity contribution in [3.8, 4) is 0 Å². The number of hydrogen-bond donors (Lipinski definition) is 0. The number of nitrogens with zero attached hydrogens (tertiary/aromatic N) is 1. The van der Waals surface area contributed by atoms with Gasteiger partial charge >= 0.3 is 11.9 Å². The van der Waals surface area contributed by atoms with Crippen LogP contribution in [-0.2, 0) is 33.3 Å². The van der Waals surface area contributed by atoms with Gasteiger partial charge in [-0.15, -0.1) is 0 Å². The van der Waals surface area contributed by atoms with Gasteiger partial charge in [0.25, 0.3) is 0 Å². The molecular formula is C70H113NO8. The molecule has 0 heterocycles. The van der Waals surface area contributed by atoms with E-state index in [4.69, 9.17) is 18.9 Å². The first-order valence-corrected chi connectivity index (χ1v) is 31.0. The Morgan fingerprint density at radius 2 is 0.684 bits per heavy atom. The third-order valence-electron chi connectivity index (χ3n) is 12.6. The van der Waals surface area contributed by atoms with Crippen molar-refractivity contribution in [2.45, 2.75) is 232 Å². The lowest BCUT2D eigenvalue weighted by Gasteiger charge is -2.26. The van der Waals surface area contributed by atoms with Crippen LogP contribution >= 0.6 is 0 Å². The van der Waals surface area contributed by atoms with E-state index in [1.165, 1.54) is 51.4 Å². The quantitative estimate of drug-likeness (QED) is 0.0195. The van der Waals surface area contributed by atoms with Crippen molar-refractivity contribution < 1.29 is 42.9 Å². The molecule has 0 aliphatic heterocycles. The van der Waals surface area contributed by atoms with Crippen LogP contribution in [0.25, 0.3) is 0 Å². The van der Waals surface area contributed by atoms with Crippen LogP contribution in [0.2, 0.25) is 0 Å². The van der Waals surface area contributed by atoms with Crippen molar-refractivity contribution in [1.82, 2.24) is 0 Å². The first-order chi connectivity index (χ1) is 38.6. The third kappa shape index (κ3) is 60.7. The van der Waals surface area contributed by atoms with Crippen molar-refractivity contribution in [1.29, 1.82) is 0 Å². The number of esters is 2. The number of quaternary nitrogens is 1. The van der Waals surface area contributed by atoms with E-state index in [9.17, 15) is 19.5 Å². The summed E-state index contributed by atoms with van der Waals surface area (Å²) in [5.74, 6) is -2.32. The van der Waals surface area contributed by atoms with Crippen LogP contribution in [-0.4, -0.2) is 82.3 Å². The molecule has 2 atom stereocenters. The van der Waals surface area contributed by atoms with E-state index in [0.717, 1.165) is 135 Å². The molecule has 0 aromatic rings. The Morgan fingerprint density at radius 1 is 0.380 bits per heavy atom. The molecular weight excluding hydrogens is 983 g/mol. The lowest BCUT2D eigenvalue weighted by Crippen LogP contribution is -2.44. The number of rotatable bonds is 55. The molecule has 0 radical (unpaired) electrons. The average Bonchev–Trinajstić information content (AvgIpc) is 3.42. The molecule has 0 rings (SSSR count). The van der Waals surface area contributed by atoms with Crippen LogP contribution in [0.3, 0.4) is 0 Å². The fraction of sp³-hybridized carbons (Fsp3) is 0.614. The number of carbonyl (C=O) groups excluding carboxylic acids is 3. The largest absolute Gasteiger partial charge is 0.545 e. The van der Waals surface area contributed by atoms with Gasteiger partial charge < -0.3 is 33.3 Å². The number of carboxylic acid groups (broad SMARTS) is 1. The van der Waals surface area contributed by atoms with Gasteiger partial charge in [0, 0.05) is 12.8 Å². The Hall–Kier alpha value is -4.83. The molecule has 0 amide bonds. The van der Waals surface area contributed by atoms with Crippen LogP contribution < -0.4 is 5.11 Å². The summed E-state index contributed by atoms with van der Waals surface area (Å²) in [6.45, 7) is 4.48. The lowest BCUT2D eigenvalue weighted by atomic mass is 10.1. The van der Waals surface area contributed by atoms with Crippen LogP contribution in [0.5, 0.6) is 0 Å². The summed E-state index contributed by atoms with van der Waals surface area (Å²) in [5.41, 5.74) is 0.